The van der Waals surface area contributed by atoms with Crippen molar-refractivity contribution in [2.24, 2.45) is 0 Å². The lowest BCUT2D eigenvalue weighted by Crippen LogP contribution is -2.36. The third kappa shape index (κ3) is 7.31. The summed E-state index contributed by atoms with van der Waals surface area (Å²) in [6.07, 6.45) is 0.125. The van der Waals surface area contributed by atoms with Crippen molar-refractivity contribution < 1.29 is 14.6 Å². The van der Waals surface area contributed by atoms with Gasteiger partial charge in [0, 0.05) is 18.7 Å². The molecule has 1 aromatic rings. The van der Waals surface area contributed by atoms with Crippen molar-refractivity contribution in [2.75, 3.05) is 6.54 Å². The fourth-order valence-corrected chi connectivity index (χ4v) is 1.87. The number of carbonyl (C=O) groups excluding carboxylic acids is 1. The summed E-state index contributed by atoms with van der Waals surface area (Å²) in [5, 5.41) is 14.7. The van der Waals surface area contributed by atoms with Crippen LogP contribution < -0.4 is 15.4 Å². The molecular weight excluding hydrogens is 280 g/mol. The van der Waals surface area contributed by atoms with Gasteiger partial charge in [0.05, 0.1) is 6.10 Å². The zero-order valence-corrected chi connectivity index (χ0v) is 14.2. The van der Waals surface area contributed by atoms with Gasteiger partial charge in [-0.1, -0.05) is 12.1 Å². The number of nitrogens with one attached hydrogen (secondary N) is 2. The molecule has 0 aromatic heterocycles. The van der Waals surface area contributed by atoms with Crippen molar-refractivity contribution in [3.8, 4) is 5.75 Å². The topological polar surface area (TPSA) is 70.6 Å². The van der Waals surface area contributed by atoms with E-state index in [-0.39, 0.29) is 11.6 Å². The standard InChI is InChI=1S/C17H28N2O3/c1-12-6-7-14(15(10-12)22-17(3,4)5)11-19-16(21)18-9-8-13(2)20/h6-7,10,13,20H,8-9,11H2,1-5H3,(H2,18,19,21). The molecular formula is C17H28N2O3. The lowest BCUT2D eigenvalue weighted by molar-refractivity contribution is 0.129. The van der Waals surface area contributed by atoms with Crippen LogP contribution in [0.1, 0.15) is 45.2 Å². The number of aliphatic hydroxyl groups excluding tert-OH is 1. The molecule has 5 heteroatoms. The first-order valence-corrected chi connectivity index (χ1v) is 7.65. The van der Waals surface area contributed by atoms with E-state index in [0.29, 0.717) is 19.5 Å². The van der Waals surface area contributed by atoms with Gasteiger partial charge in [-0.3, -0.25) is 0 Å². The molecule has 0 saturated heterocycles. The van der Waals surface area contributed by atoms with Gasteiger partial charge in [0.15, 0.2) is 0 Å². The van der Waals surface area contributed by atoms with Crippen LogP contribution in [0.3, 0.4) is 0 Å². The van der Waals surface area contributed by atoms with Gasteiger partial charge in [0.1, 0.15) is 11.4 Å². The molecule has 0 fully saturated rings. The number of aryl methyl sites for hydroxylation is 1. The second-order valence-corrected chi connectivity index (χ2v) is 6.57. The second kappa shape index (κ2) is 8.03. The minimum absolute atomic E-state index is 0.247. The van der Waals surface area contributed by atoms with Crippen molar-refractivity contribution >= 4 is 6.03 Å². The van der Waals surface area contributed by atoms with Crippen LogP contribution in [-0.2, 0) is 6.54 Å². The molecule has 1 atom stereocenters. The average Bonchev–Trinajstić information content (AvgIpc) is 2.35. The highest BCUT2D eigenvalue weighted by Crippen LogP contribution is 2.24. The lowest BCUT2D eigenvalue weighted by Gasteiger charge is -2.24. The summed E-state index contributed by atoms with van der Waals surface area (Å²) in [4.78, 5) is 11.7. The normalized spacial score (nSPS) is 12.6. The van der Waals surface area contributed by atoms with Crippen molar-refractivity contribution in [3.05, 3.63) is 29.3 Å². The third-order valence-electron chi connectivity index (χ3n) is 2.93. The number of benzene rings is 1. The molecule has 0 spiro atoms. The molecule has 0 bridgehead atoms. The smallest absolute Gasteiger partial charge is 0.315 e. The maximum Gasteiger partial charge on any atom is 0.315 e. The number of rotatable bonds is 6. The van der Waals surface area contributed by atoms with Crippen LogP contribution in [-0.4, -0.2) is 29.4 Å². The highest BCUT2D eigenvalue weighted by Gasteiger charge is 2.15. The van der Waals surface area contributed by atoms with E-state index in [9.17, 15) is 4.79 Å². The predicted octanol–water partition coefficient (Wildman–Crippen LogP) is 2.74. The molecule has 0 saturated carbocycles. The Balaban J connectivity index is 2.59. The summed E-state index contributed by atoms with van der Waals surface area (Å²) < 4.78 is 5.95. The number of amides is 2. The molecule has 0 aliphatic heterocycles. The van der Waals surface area contributed by atoms with Gasteiger partial charge >= 0.3 is 6.03 Å². The highest BCUT2D eigenvalue weighted by atomic mass is 16.5. The molecule has 124 valence electrons. The molecule has 2 amide bonds. The Hall–Kier alpha value is -1.75. The van der Waals surface area contributed by atoms with E-state index in [0.717, 1.165) is 16.9 Å². The van der Waals surface area contributed by atoms with Gasteiger partial charge in [0.25, 0.3) is 0 Å². The first-order valence-electron chi connectivity index (χ1n) is 7.65. The largest absolute Gasteiger partial charge is 0.488 e. The van der Waals surface area contributed by atoms with E-state index in [4.69, 9.17) is 9.84 Å². The number of carbonyl (C=O) groups is 1. The summed E-state index contributed by atoms with van der Waals surface area (Å²) in [7, 11) is 0. The van der Waals surface area contributed by atoms with E-state index in [2.05, 4.69) is 10.6 Å². The van der Waals surface area contributed by atoms with Crippen molar-refractivity contribution in [3.63, 3.8) is 0 Å². The Morgan fingerprint density at radius 2 is 2.00 bits per heavy atom. The molecule has 1 unspecified atom stereocenters. The van der Waals surface area contributed by atoms with Gasteiger partial charge in [-0.15, -0.1) is 0 Å². The number of hydrogen-bond donors (Lipinski definition) is 3. The Morgan fingerprint density at radius 1 is 1.32 bits per heavy atom. The Morgan fingerprint density at radius 3 is 2.59 bits per heavy atom. The Kier molecular flexibility index (Phi) is 6.68. The molecule has 1 rings (SSSR count). The fraction of sp³-hybridized carbons (Fsp3) is 0.588. The van der Waals surface area contributed by atoms with Crippen LogP contribution >= 0.6 is 0 Å². The molecule has 3 N–H and O–H groups in total. The molecule has 0 aliphatic carbocycles. The number of hydrogen-bond acceptors (Lipinski definition) is 3. The van der Waals surface area contributed by atoms with E-state index in [1.807, 2.05) is 45.9 Å². The zero-order chi connectivity index (χ0) is 16.8. The SMILES string of the molecule is Cc1ccc(CNC(=O)NCCC(C)O)c(OC(C)(C)C)c1. The summed E-state index contributed by atoms with van der Waals surface area (Å²) in [5.41, 5.74) is 1.76. The first-order chi connectivity index (χ1) is 10.2. The van der Waals surface area contributed by atoms with Gasteiger partial charge in [-0.25, -0.2) is 4.79 Å². The van der Waals surface area contributed by atoms with Gasteiger partial charge < -0.3 is 20.5 Å². The molecule has 0 heterocycles. The Labute approximate surface area is 133 Å². The third-order valence-corrected chi connectivity index (χ3v) is 2.93. The fourth-order valence-electron chi connectivity index (χ4n) is 1.87. The van der Waals surface area contributed by atoms with Crippen LogP contribution in [0.2, 0.25) is 0 Å². The van der Waals surface area contributed by atoms with E-state index in [1.165, 1.54) is 0 Å². The maximum atomic E-state index is 11.7. The summed E-state index contributed by atoms with van der Waals surface area (Å²) in [6.45, 7) is 10.5. The van der Waals surface area contributed by atoms with E-state index in [1.54, 1.807) is 6.92 Å². The maximum absolute atomic E-state index is 11.7. The quantitative estimate of drug-likeness (QED) is 0.757. The second-order valence-electron chi connectivity index (χ2n) is 6.57. The molecule has 5 nitrogen and oxygen atoms in total. The highest BCUT2D eigenvalue weighted by molar-refractivity contribution is 5.73. The van der Waals surface area contributed by atoms with Gasteiger partial charge in [-0.2, -0.15) is 0 Å². The lowest BCUT2D eigenvalue weighted by atomic mass is 10.1. The summed E-state index contributed by atoms with van der Waals surface area (Å²) >= 11 is 0. The van der Waals surface area contributed by atoms with Crippen LogP contribution in [0, 0.1) is 6.92 Å². The van der Waals surface area contributed by atoms with Crippen LogP contribution in [0.5, 0.6) is 5.75 Å². The molecule has 0 aliphatic rings. The number of aliphatic hydroxyl groups is 1. The van der Waals surface area contributed by atoms with Crippen molar-refractivity contribution in [1.82, 2.24) is 10.6 Å². The van der Waals surface area contributed by atoms with Crippen molar-refractivity contribution in [1.29, 1.82) is 0 Å². The number of urea groups is 1. The predicted molar refractivity (Wildman–Crippen MR) is 88.1 cm³/mol. The molecule has 22 heavy (non-hydrogen) atoms. The van der Waals surface area contributed by atoms with E-state index < -0.39 is 6.10 Å². The monoisotopic (exact) mass is 308 g/mol. The minimum atomic E-state index is -0.413. The van der Waals surface area contributed by atoms with E-state index >= 15 is 0 Å². The summed E-state index contributed by atoms with van der Waals surface area (Å²) in [6, 6.07) is 5.70. The number of ether oxygens (including phenoxy) is 1. The molecule has 0 radical (unpaired) electrons. The molecule has 1 aromatic carbocycles. The van der Waals surface area contributed by atoms with Crippen LogP contribution in [0.15, 0.2) is 18.2 Å². The zero-order valence-electron chi connectivity index (χ0n) is 14.2. The van der Waals surface area contributed by atoms with Gasteiger partial charge in [0.2, 0.25) is 0 Å². The minimum Gasteiger partial charge on any atom is -0.488 e. The average molecular weight is 308 g/mol. The van der Waals surface area contributed by atoms with Gasteiger partial charge in [-0.05, 0) is 52.7 Å². The summed E-state index contributed by atoms with van der Waals surface area (Å²) in [5.74, 6) is 0.789. The van der Waals surface area contributed by atoms with Crippen LogP contribution in [0.4, 0.5) is 4.79 Å². The first kappa shape index (κ1) is 18.3. The Bertz CT molecular complexity index is 493. The van der Waals surface area contributed by atoms with Crippen molar-refractivity contribution in [2.45, 2.75) is 59.3 Å². The van der Waals surface area contributed by atoms with Crippen LogP contribution in [0.25, 0.3) is 0 Å².